The average Bonchev–Trinajstić information content (AvgIpc) is 3.25. The van der Waals surface area contributed by atoms with Crippen molar-refractivity contribution in [3.05, 3.63) is 30.4 Å². The van der Waals surface area contributed by atoms with E-state index < -0.39 is 0 Å². The number of carbonyl (C=O) groups excluding carboxylic acids is 1. The summed E-state index contributed by atoms with van der Waals surface area (Å²) in [5, 5.41) is 3.25. The number of ether oxygens (including phenoxy) is 1. The van der Waals surface area contributed by atoms with E-state index in [-0.39, 0.29) is 18.1 Å². The smallest absolute Gasteiger partial charge is 0.271 e. The van der Waals surface area contributed by atoms with E-state index in [1.807, 2.05) is 12.3 Å². The van der Waals surface area contributed by atoms with E-state index in [0.29, 0.717) is 23.4 Å². The van der Waals surface area contributed by atoms with Gasteiger partial charge in [0.2, 0.25) is 5.78 Å². The Hall–Kier alpha value is -1.99. The predicted octanol–water partition coefficient (Wildman–Crippen LogP) is 1.10. The van der Waals surface area contributed by atoms with Gasteiger partial charge in [-0.15, -0.1) is 0 Å². The molecule has 1 aliphatic carbocycles. The van der Waals surface area contributed by atoms with E-state index in [1.165, 1.54) is 19.3 Å². The summed E-state index contributed by atoms with van der Waals surface area (Å²) in [7, 11) is 0. The van der Waals surface area contributed by atoms with Gasteiger partial charge in [0, 0.05) is 31.1 Å². The largest absolute Gasteiger partial charge is 0.376 e. The Morgan fingerprint density at radius 3 is 3.00 bits per heavy atom. The number of amides is 1. The van der Waals surface area contributed by atoms with Crippen LogP contribution in [0, 0.1) is 5.92 Å². The summed E-state index contributed by atoms with van der Waals surface area (Å²) in [5.41, 5.74) is 0.429. The molecular formula is C18H23N5O2. The van der Waals surface area contributed by atoms with Crippen LogP contribution in [0.15, 0.2) is 24.7 Å². The molecule has 0 unspecified atom stereocenters. The van der Waals surface area contributed by atoms with Crippen molar-refractivity contribution in [2.45, 2.75) is 43.9 Å². The number of hydrogen-bond acceptors (Lipinski definition) is 5. The Kier molecular flexibility index (Phi) is 3.71. The molecule has 0 spiro atoms. The van der Waals surface area contributed by atoms with Crippen LogP contribution in [0.4, 0.5) is 0 Å². The fourth-order valence-electron chi connectivity index (χ4n) is 4.68. The molecule has 5 rings (SSSR count). The minimum atomic E-state index is -0.108. The number of carbonyl (C=O) groups is 1. The second-order valence-corrected chi connectivity index (χ2v) is 7.33. The SMILES string of the molecule is O=C(N[C@H]1[C@H]2CCO[C@H]2[C@@H]1N1CCCCC1)c1cn2cccnc2n1. The van der Waals surface area contributed by atoms with Crippen LogP contribution >= 0.6 is 0 Å². The zero-order chi connectivity index (χ0) is 16.8. The topological polar surface area (TPSA) is 71.8 Å². The molecule has 0 aromatic carbocycles. The van der Waals surface area contributed by atoms with Gasteiger partial charge in [-0.3, -0.25) is 14.1 Å². The summed E-state index contributed by atoms with van der Waals surface area (Å²) in [6, 6.07) is 2.30. The van der Waals surface area contributed by atoms with E-state index in [9.17, 15) is 4.79 Å². The lowest BCUT2D eigenvalue weighted by molar-refractivity contribution is -0.0862. The van der Waals surface area contributed by atoms with Crippen LogP contribution in [0.2, 0.25) is 0 Å². The lowest BCUT2D eigenvalue weighted by Crippen LogP contribution is -2.71. The van der Waals surface area contributed by atoms with E-state index >= 15 is 0 Å². The summed E-state index contributed by atoms with van der Waals surface area (Å²) in [6.45, 7) is 3.04. The average molecular weight is 341 g/mol. The lowest BCUT2D eigenvalue weighted by atomic mass is 9.70. The van der Waals surface area contributed by atoms with Crippen molar-refractivity contribution < 1.29 is 9.53 Å². The minimum Gasteiger partial charge on any atom is -0.376 e. The first-order valence-electron chi connectivity index (χ1n) is 9.27. The molecule has 1 amide bonds. The summed E-state index contributed by atoms with van der Waals surface area (Å²) in [5.74, 6) is 0.879. The van der Waals surface area contributed by atoms with Gasteiger partial charge in [0.1, 0.15) is 5.69 Å². The number of aromatic nitrogens is 3. The van der Waals surface area contributed by atoms with Crippen LogP contribution in [-0.2, 0) is 4.74 Å². The highest BCUT2D eigenvalue weighted by Crippen LogP contribution is 2.42. The molecule has 2 aromatic rings. The molecule has 3 fully saturated rings. The highest BCUT2D eigenvalue weighted by Gasteiger charge is 2.56. The number of likely N-dealkylation sites (tertiary alicyclic amines) is 1. The summed E-state index contributed by atoms with van der Waals surface area (Å²) >= 11 is 0. The molecule has 2 saturated heterocycles. The highest BCUT2D eigenvalue weighted by molar-refractivity contribution is 5.93. The molecule has 4 atom stereocenters. The molecule has 1 saturated carbocycles. The van der Waals surface area contributed by atoms with Gasteiger partial charge >= 0.3 is 0 Å². The Morgan fingerprint density at radius 1 is 1.28 bits per heavy atom. The van der Waals surface area contributed by atoms with Gasteiger partial charge < -0.3 is 10.1 Å². The number of hydrogen-bond donors (Lipinski definition) is 1. The summed E-state index contributed by atoms with van der Waals surface area (Å²) < 4.78 is 7.74. The molecule has 0 radical (unpaired) electrons. The summed E-state index contributed by atoms with van der Waals surface area (Å²) in [6.07, 6.45) is 10.4. The third-order valence-corrected chi connectivity index (χ3v) is 5.93. The lowest BCUT2D eigenvalue weighted by Gasteiger charge is -2.53. The molecule has 0 bridgehead atoms. The van der Waals surface area contributed by atoms with E-state index in [2.05, 4.69) is 20.2 Å². The third-order valence-electron chi connectivity index (χ3n) is 5.93. The normalized spacial score (nSPS) is 32.3. The van der Waals surface area contributed by atoms with Crippen molar-refractivity contribution in [1.29, 1.82) is 0 Å². The van der Waals surface area contributed by atoms with Gasteiger partial charge in [0.05, 0.1) is 18.2 Å². The number of nitrogens with one attached hydrogen (secondary N) is 1. The van der Waals surface area contributed by atoms with Crippen LogP contribution in [0.25, 0.3) is 5.78 Å². The van der Waals surface area contributed by atoms with Gasteiger partial charge in [-0.1, -0.05) is 6.42 Å². The molecule has 7 nitrogen and oxygen atoms in total. The first kappa shape index (κ1) is 15.3. The standard InChI is InChI=1S/C18H23N5O2/c24-17(13-11-23-9-4-6-19-18(23)20-13)21-14-12-5-10-25-16(12)15(14)22-7-2-1-3-8-22/h4,6,9,11-12,14-16H,1-3,5,7-8,10H2,(H,21,24)/t12-,14+,15-,16-/m1/s1. The minimum absolute atomic E-state index is 0.108. The Bertz CT molecular complexity index is 752. The van der Waals surface area contributed by atoms with Crippen LogP contribution in [-0.4, -0.2) is 63.1 Å². The molecule has 25 heavy (non-hydrogen) atoms. The van der Waals surface area contributed by atoms with Crippen molar-refractivity contribution in [2.24, 2.45) is 5.92 Å². The molecule has 132 valence electrons. The van der Waals surface area contributed by atoms with Crippen LogP contribution in [0.5, 0.6) is 0 Å². The van der Waals surface area contributed by atoms with E-state index in [4.69, 9.17) is 4.74 Å². The number of piperidine rings is 1. The van der Waals surface area contributed by atoms with Crippen LogP contribution in [0.1, 0.15) is 36.2 Å². The molecule has 3 aliphatic rings. The van der Waals surface area contributed by atoms with Crippen molar-refractivity contribution in [3.8, 4) is 0 Å². The van der Waals surface area contributed by atoms with Crippen molar-refractivity contribution in [3.63, 3.8) is 0 Å². The first-order valence-corrected chi connectivity index (χ1v) is 9.27. The predicted molar refractivity (Wildman–Crippen MR) is 91.3 cm³/mol. The third kappa shape index (κ3) is 2.53. The molecule has 7 heteroatoms. The van der Waals surface area contributed by atoms with E-state index in [0.717, 1.165) is 26.1 Å². The quantitative estimate of drug-likeness (QED) is 0.905. The van der Waals surface area contributed by atoms with E-state index in [1.54, 1.807) is 16.8 Å². The van der Waals surface area contributed by atoms with Gasteiger partial charge in [-0.05, 0) is 38.4 Å². The second-order valence-electron chi connectivity index (χ2n) is 7.33. The maximum Gasteiger partial charge on any atom is 0.271 e. The Balaban J connectivity index is 1.35. The van der Waals surface area contributed by atoms with Crippen molar-refractivity contribution in [2.75, 3.05) is 19.7 Å². The summed E-state index contributed by atoms with van der Waals surface area (Å²) in [4.78, 5) is 23.8. The monoisotopic (exact) mass is 341 g/mol. The zero-order valence-corrected chi connectivity index (χ0v) is 14.2. The fraction of sp³-hybridized carbons (Fsp3) is 0.611. The molecule has 2 aliphatic heterocycles. The number of fused-ring (bicyclic) bond motifs is 2. The molecular weight excluding hydrogens is 318 g/mol. The fourth-order valence-corrected chi connectivity index (χ4v) is 4.68. The number of imidazole rings is 1. The molecule has 2 aromatic heterocycles. The van der Waals surface area contributed by atoms with Gasteiger partial charge in [-0.2, -0.15) is 0 Å². The number of rotatable bonds is 3. The van der Waals surface area contributed by atoms with Crippen LogP contribution < -0.4 is 5.32 Å². The molecule has 4 heterocycles. The maximum absolute atomic E-state index is 12.8. The highest BCUT2D eigenvalue weighted by atomic mass is 16.5. The van der Waals surface area contributed by atoms with Crippen molar-refractivity contribution in [1.82, 2.24) is 24.6 Å². The zero-order valence-electron chi connectivity index (χ0n) is 14.2. The Labute approximate surface area is 146 Å². The van der Waals surface area contributed by atoms with Gasteiger partial charge in [-0.25, -0.2) is 9.97 Å². The van der Waals surface area contributed by atoms with Gasteiger partial charge in [0.15, 0.2) is 0 Å². The van der Waals surface area contributed by atoms with Crippen LogP contribution in [0.3, 0.4) is 0 Å². The van der Waals surface area contributed by atoms with Crippen molar-refractivity contribution >= 4 is 11.7 Å². The molecule has 1 N–H and O–H groups in total. The number of nitrogens with zero attached hydrogens (tertiary/aromatic N) is 4. The first-order chi connectivity index (χ1) is 12.3. The second kappa shape index (κ2) is 6.07. The van der Waals surface area contributed by atoms with Gasteiger partial charge in [0.25, 0.3) is 5.91 Å². The maximum atomic E-state index is 12.8. The Morgan fingerprint density at radius 2 is 2.16 bits per heavy atom.